The van der Waals surface area contributed by atoms with Crippen molar-refractivity contribution >= 4 is 29.3 Å². The molecular formula is C22H25N5O2S. The number of likely N-dealkylation sites (N-methyl/N-ethyl adjacent to an activating group) is 1. The lowest BCUT2D eigenvalue weighted by atomic mass is 10.1. The van der Waals surface area contributed by atoms with E-state index in [9.17, 15) is 9.59 Å². The topological polar surface area (TPSA) is 91.0 Å². The standard InChI is InChI=1S/C22H25N5O2S/c1-4-16-7-9-17(10-8-16)21-24-22(26-25-21)30-14-20(29)27(3)13-19(28)23-18-11-5-15(2)6-12-18/h5-12H,4,13-14H2,1-3H3,(H,23,28)(H,24,25,26). The maximum atomic E-state index is 12.4. The van der Waals surface area contributed by atoms with Crippen LogP contribution in [0.4, 0.5) is 5.69 Å². The van der Waals surface area contributed by atoms with E-state index in [0.717, 1.165) is 17.5 Å². The molecule has 2 amide bonds. The van der Waals surface area contributed by atoms with Crippen LogP contribution in [0.5, 0.6) is 0 Å². The van der Waals surface area contributed by atoms with Gasteiger partial charge in [-0.3, -0.25) is 14.7 Å². The summed E-state index contributed by atoms with van der Waals surface area (Å²) < 4.78 is 0. The fraction of sp³-hybridized carbons (Fsp3) is 0.273. The first kappa shape index (κ1) is 21.6. The highest BCUT2D eigenvalue weighted by atomic mass is 32.2. The summed E-state index contributed by atoms with van der Waals surface area (Å²) in [4.78, 5) is 30.3. The van der Waals surface area contributed by atoms with Crippen molar-refractivity contribution in [1.82, 2.24) is 20.1 Å². The number of nitrogens with one attached hydrogen (secondary N) is 2. The van der Waals surface area contributed by atoms with Crippen LogP contribution in [0.3, 0.4) is 0 Å². The molecule has 1 heterocycles. The second-order valence-electron chi connectivity index (χ2n) is 6.97. The van der Waals surface area contributed by atoms with Crippen LogP contribution in [0.2, 0.25) is 0 Å². The number of anilines is 1. The monoisotopic (exact) mass is 423 g/mol. The summed E-state index contributed by atoms with van der Waals surface area (Å²) in [6.07, 6.45) is 0.983. The molecule has 8 heteroatoms. The average molecular weight is 424 g/mol. The number of rotatable bonds is 8. The zero-order valence-corrected chi connectivity index (χ0v) is 18.1. The predicted molar refractivity (Wildman–Crippen MR) is 119 cm³/mol. The van der Waals surface area contributed by atoms with Crippen molar-refractivity contribution in [1.29, 1.82) is 0 Å². The molecule has 0 aliphatic carbocycles. The molecule has 0 unspecified atom stereocenters. The molecule has 0 saturated carbocycles. The number of aromatic nitrogens is 3. The van der Waals surface area contributed by atoms with Gasteiger partial charge < -0.3 is 10.2 Å². The molecule has 7 nitrogen and oxygen atoms in total. The largest absolute Gasteiger partial charge is 0.336 e. The minimum absolute atomic E-state index is 0.0176. The Morgan fingerprint density at radius 2 is 1.80 bits per heavy atom. The third kappa shape index (κ3) is 5.93. The normalized spacial score (nSPS) is 10.6. The van der Waals surface area contributed by atoms with Crippen LogP contribution in [-0.2, 0) is 16.0 Å². The molecule has 2 N–H and O–H groups in total. The number of H-pyrrole nitrogens is 1. The Morgan fingerprint density at radius 1 is 1.10 bits per heavy atom. The lowest BCUT2D eigenvalue weighted by Gasteiger charge is -2.16. The van der Waals surface area contributed by atoms with Crippen molar-refractivity contribution in [3.05, 3.63) is 59.7 Å². The highest BCUT2D eigenvalue weighted by Gasteiger charge is 2.15. The van der Waals surface area contributed by atoms with E-state index in [1.165, 1.54) is 22.2 Å². The molecule has 0 saturated heterocycles. The summed E-state index contributed by atoms with van der Waals surface area (Å²) in [6, 6.07) is 15.6. The quantitative estimate of drug-likeness (QED) is 0.541. The van der Waals surface area contributed by atoms with Gasteiger partial charge >= 0.3 is 0 Å². The fourth-order valence-corrected chi connectivity index (χ4v) is 3.45. The number of amides is 2. The van der Waals surface area contributed by atoms with Crippen LogP contribution in [0.25, 0.3) is 11.4 Å². The van der Waals surface area contributed by atoms with Gasteiger partial charge in [0.15, 0.2) is 5.82 Å². The SMILES string of the molecule is CCc1ccc(-c2nc(SCC(=O)N(C)CC(=O)Nc3ccc(C)cc3)n[nH]2)cc1. The number of thioether (sulfide) groups is 1. The highest BCUT2D eigenvalue weighted by Crippen LogP contribution is 2.20. The molecule has 156 valence electrons. The first-order valence-corrected chi connectivity index (χ1v) is 10.7. The molecule has 0 spiro atoms. The smallest absolute Gasteiger partial charge is 0.243 e. The van der Waals surface area contributed by atoms with Crippen LogP contribution in [0.15, 0.2) is 53.7 Å². The van der Waals surface area contributed by atoms with E-state index in [4.69, 9.17) is 0 Å². The molecule has 0 atom stereocenters. The Balaban J connectivity index is 1.48. The minimum Gasteiger partial charge on any atom is -0.336 e. The molecule has 0 aliphatic heterocycles. The van der Waals surface area contributed by atoms with Crippen LogP contribution in [-0.4, -0.2) is 51.2 Å². The maximum absolute atomic E-state index is 12.4. The molecule has 3 aromatic rings. The maximum Gasteiger partial charge on any atom is 0.243 e. The van der Waals surface area contributed by atoms with Gasteiger partial charge in [0.05, 0.1) is 12.3 Å². The molecule has 0 fully saturated rings. The van der Waals surface area contributed by atoms with E-state index in [1.807, 2.05) is 43.3 Å². The summed E-state index contributed by atoms with van der Waals surface area (Å²) in [5.41, 5.74) is 4.03. The van der Waals surface area contributed by atoms with Gasteiger partial charge in [0.25, 0.3) is 0 Å². The Hall–Kier alpha value is -3.13. The van der Waals surface area contributed by atoms with Crippen molar-refractivity contribution in [2.24, 2.45) is 0 Å². The van der Waals surface area contributed by atoms with E-state index < -0.39 is 0 Å². The molecule has 1 aromatic heterocycles. The lowest BCUT2D eigenvalue weighted by Crippen LogP contribution is -2.35. The summed E-state index contributed by atoms with van der Waals surface area (Å²) in [5, 5.41) is 10.4. The molecule has 30 heavy (non-hydrogen) atoms. The Labute approximate surface area is 180 Å². The van der Waals surface area contributed by atoms with E-state index >= 15 is 0 Å². The fourth-order valence-electron chi connectivity index (χ4n) is 2.72. The molecule has 3 rings (SSSR count). The number of carbonyl (C=O) groups is 2. The first-order valence-electron chi connectivity index (χ1n) is 9.69. The molecular weight excluding hydrogens is 398 g/mol. The number of aromatic amines is 1. The van der Waals surface area contributed by atoms with Gasteiger partial charge in [-0.1, -0.05) is 60.6 Å². The first-order chi connectivity index (χ1) is 14.4. The van der Waals surface area contributed by atoms with Gasteiger partial charge in [-0.05, 0) is 31.0 Å². The van der Waals surface area contributed by atoms with Crippen molar-refractivity contribution in [3.8, 4) is 11.4 Å². The number of carbonyl (C=O) groups excluding carboxylic acids is 2. The van der Waals surface area contributed by atoms with Gasteiger partial charge in [-0.2, -0.15) is 0 Å². The Kier molecular flexibility index (Phi) is 7.24. The van der Waals surface area contributed by atoms with Crippen LogP contribution in [0, 0.1) is 6.92 Å². The van der Waals surface area contributed by atoms with Crippen LogP contribution >= 0.6 is 11.8 Å². The third-order valence-corrected chi connectivity index (χ3v) is 5.40. The number of hydrogen-bond donors (Lipinski definition) is 2. The van der Waals surface area contributed by atoms with E-state index in [-0.39, 0.29) is 24.1 Å². The highest BCUT2D eigenvalue weighted by molar-refractivity contribution is 7.99. The van der Waals surface area contributed by atoms with E-state index in [1.54, 1.807) is 7.05 Å². The molecule has 2 aromatic carbocycles. The number of benzene rings is 2. The van der Waals surface area contributed by atoms with E-state index in [0.29, 0.717) is 16.7 Å². The van der Waals surface area contributed by atoms with Gasteiger partial charge in [0.1, 0.15) is 0 Å². The molecule has 0 aliphatic rings. The van der Waals surface area contributed by atoms with Gasteiger partial charge in [-0.25, -0.2) is 4.98 Å². The Morgan fingerprint density at radius 3 is 2.47 bits per heavy atom. The van der Waals surface area contributed by atoms with Crippen molar-refractivity contribution < 1.29 is 9.59 Å². The molecule has 0 bridgehead atoms. The third-order valence-electron chi connectivity index (χ3n) is 4.57. The predicted octanol–water partition coefficient (Wildman–Crippen LogP) is 3.53. The zero-order chi connectivity index (χ0) is 21.5. The zero-order valence-electron chi connectivity index (χ0n) is 17.3. The van der Waals surface area contributed by atoms with Crippen molar-refractivity contribution in [3.63, 3.8) is 0 Å². The minimum atomic E-state index is -0.240. The number of nitrogens with zero attached hydrogens (tertiary/aromatic N) is 3. The number of hydrogen-bond acceptors (Lipinski definition) is 5. The van der Waals surface area contributed by atoms with Crippen LogP contribution in [0.1, 0.15) is 18.1 Å². The average Bonchev–Trinajstić information content (AvgIpc) is 3.22. The van der Waals surface area contributed by atoms with Gasteiger partial charge in [-0.15, -0.1) is 5.10 Å². The second kappa shape index (κ2) is 10.1. The summed E-state index contributed by atoms with van der Waals surface area (Å²) in [7, 11) is 1.61. The Bertz CT molecular complexity index is 999. The van der Waals surface area contributed by atoms with E-state index in [2.05, 4.69) is 39.6 Å². The lowest BCUT2D eigenvalue weighted by molar-refractivity contribution is -0.131. The van der Waals surface area contributed by atoms with Crippen molar-refractivity contribution in [2.75, 3.05) is 24.7 Å². The number of aryl methyl sites for hydroxylation is 2. The van der Waals surface area contributed by atoms with Gasteiger partial charge in [0, 0.05) is 18.3 Å². The summed E-state index contributed by atoms with van der Waals surface area (Å²) in [6.45, 7) is 4.07. The van der Waals surface area contributed by atoms with Gasteiger partial charge in [0.2, 0.25) is 17.0 Å². The summed E-state index contributed by atoms with van der Waals surface area (Å²) >= 11 is 1.24. The summed E-state index contributed by atoms with van der Waals surface area (Å²) in [5.74, 6) is 0.409. The van der Waals surface area contributed by atoms with Crippen molar-refractivity contribution in [2.45, 2.75) is 25.4 Å². The van der Waals surface area contributed by atoms with Crippen LogP contribution < -0.4 is 5.32 Å². The second-order valence-corrected chi connectivity index (χ2v) is 7.91. The molecule has 0 radical (unpaired) electrons.